The Labute approximate surface area is 139 Å². The van der Waals surface area contributed by atoms with Crippen LogP contribution in [0.2, 0.25) is 0 Å². The standard InChI is InChI=1S/C19H28N2O2/c1-13(2)11-17(22)21-16-7-5-15(6-8-16)19(9-10-19)18(23)20-12-14(3)4/h5-8,13-14H,9-12H2,1-4H3,(H,20,23)(H,21,22). The number of amides is 2. The molecule has 0 atom stereocenters. The first-order valence-corrected chi connectivity index (χ1v) is 8.52. The number of hydrogen-bond acceptors (Lipinski definition) is 2. The molecule has 1 saturated carbocycles. The average molecular weight is 316 g/mol. The summed E-state index contributed by atoms with van der Waals surface area (Å²) in [6.07, 6.45) is 2.31. The maximum absolute atomic E-state index is 12.4. The highest BCUT2D eigenvalue weighted by Crippen LogP contribution is 2.48. The van der Waals surface area contributed by atoms with Gasteiger partial charge in [0.1, 0.15) is 0 Å². The summed E-state index contributed by atoms with van der Waals surface area (Å²) in [6.45, 7) is 8.94. The van der Waals surface area contributed by atoms with Crippen molar-refractivity contribution >= 4 is 17.5 Å². The van der Waals surface area contributed by atoms with Gasteiger partial charge in [-0.15, -0.1) is 0 Å². The van der Waals surface area contributed by atoms with Crippen molar-refractivity contribution in [2.24, 2.45) is 11.8 Å². The van der Waals surface area contributed by atoms with E-state index < -0.39 is 0 Å². The number of benzene rings is 1. The molecule has 1 fully saturated rings. The number of anilines is 1. The smallest absolute Gasteiger partial charge is 0.230 e. The molecule has 2 N–H and O–H groups in total. The van der Waals surface area contributed by atoms with Crippen LogP contribution >= 0.6 is 0 Å². The first-order chi connectivity index (χ1) is 10.8. The predicted octanol–water partition coefficient (Wildman–Crippen LogP) is 3.48. The highest BCUT2D eigenvalue weighted by molar-refractivity contribution is 5.92. The summed E-state index contributed by atoms with van der Waals surface area (Å²) in [5, 5.41) is 5.95. The average Bonchev–Trinajstić information content (AvgIpc) is 3.26. The van der Waals surface area contributed by atoms with Crippen LogP contribution in [0.4, 0.5) is 5.69 Å². The van der Waals surface area contributed by atoms with E-state index in [1.165, 1.54) is 0 Å². The molecule has 0 radical (unpaired) electrons. The van der Waals surface area contributed by atoms with E-state index in [2.05, 4.69) is 24.5 Å². The predicted molar refractivity (Wildman–Crippen MR) is 93.3 cm³/mol. The molecule has 1 aromatic carbocycles. The van der Waals surface area contributed by atoms with Gasteiger partial charge in [-0.2, -0.15) is 0 Å². The molecule has 126 valence electrons. The van der Waals surface area contributed by atoms with Crippen LogP contribution < -0.4 is 10.6 Å². The van der Waals surface area contributed by atoms with E-state index in [4.69, 9.17) is 0 Å². The Morgan fingerprint density at radius 2 is 1.65 bits per heavy atom. The highest BCUT2D eigenvalue weighted by atomic mass is 16.2. The Balaban J connectivity index is 1.99. The topological polar surface area (TPSA) is 58.2 Å². The summed E-state index contributed by atoms with van der Waals surface area (Å²) in [7, 11) is 0. The van der Waals surface area contributed by atoms with Gasteiger partial charge in [-0.1, -0.05) is 39.8 Å². The zero-order valence-electron chi connectivity index (χ0n) is 14.6. The molecule has 0 heterocycles. The van der Waals surface area contributed by atoms with Crippen LogP contribution in [-0.4, -0.2) is 18.4 Å². The number of carbonyl (C=O) groups is 2. The van der Waals surface area contributed by atoms with Gasteiger partial charge < -0.3 is 10.6 Å². The molecule has 1 aliphatic carbocycles. The maximum Gasteiger partial charge on any atom is 0.230 e. The lowest BCUT2D eigenvalue weighted by molar-refractivity contribution is -0.123. The van der Waals surface area contributed by atoms with Gasteiger partial charge in [0.15, 0.2) is 0 Å². The zero-order chi connectivity index (χ0) is 17.0. The van der Waals surface area contributed by atoms with E-state index in [1.54, 1.807) is 0 Å². The molecule has 1 aromatic rings. The maximum atomic E-state index is 12.4. The van der Waals surface area contributed by atoms with Crippen molar-refractivity contribution in [3.8, 4) is 0 Å². The summed E-state index contributed by atoms with van der Waals surface area (Å²) in [5.74, 6) is 0.952. The fraction of sp³-hybridized carbons (Fsp3) is 0.579. The lowest BCUT2D eigenvalue weighted by atomic mass is 9.94. The second-order valence-corrected chi connectivity index (χ2v) is 7.41. The van der Waals surface area contributed by atoms with E-state index >= 15 is 0 Å². The lowest BCUT2D eigenvalue weighted by Crippen LogP contribution is -2.36. The van der Waals surface area contributed by atoms with Crippen molar-refractivity contribution in [1.82, 2.24) is 5.32 Å². The van der Waals surface area contributed by atoms with Gasteiger partial charge in [0.2, 0.25) is 11.8 Å². The number of nitrogens with one attached hydrogen (secondary N) is 2. The summed E-state index contributed by atoms with van der Waals surface area (Å²) >= 11 is 0. The van der Waals surface area contributed by atoms with Gasteiger partial charge >= 0.3 is 0 Å². The third-order valence-electron chi connectivity index (χ3n) is 4.17. The first kappa shape index (κ1) is 17.5. The van der Waals surface area contributed by atoms with Crippen LogP contribution in [0, 0.1) is 11.8 Å². The van der Waals surface area contributed by atoms with E-state index in [0.717, 1.165) is 24.1 Å². The Morgan fingerprint density at radius 1 is 1.04 bits per heavy atom. The fourth-order valence-electron chi connectivity index (χ4n) is 2.69. The largest absolute Gasteiger partial charge is 0.355 e. The molecule has 4 nitrogen and oxygen atoms in total. The lowest BCUT2D eigenvalue weighted by Gasteiger charge is -2.17. The molecule has 1 aliphatic rings. The van der Waals surface area contributed by atoms with E-state index in [-0.39, 0.29) is 17.2 Å². The molecule has 23 heavy (non-hydrogen) atoms. The zero-order valence-corrected chi connectivity index (χ0v) is 14.6. The third-order valence-corrected chi connectivity index (χ3v) is 4.17. The summed E-state index contributed by atoms with van der Waals surface area (Å²) < 4.78 is 0. The molecule has 0 unspecified atom stereocenters. The summed E-state index contributed by atoms with van der Waals surface area (Å²) in [4.78, 5) is 24.2. The van der Waals surface area contributed by atoms with Crippen LogP contribution in [0.5, 0.6) is 0 Å². The second-order valence-electron chi connectivity index (χ2n) is 7.41. The number of carbonyl (C=O) groups excluding carboxylic acids is 2. The summed E-state index contributed by atoms with van der Waals surface area (Å²) in [6, 6.07) is 7.71. The summed E-state index contributed by atoms with van der Waals surface area (Å²) in [5.41, 5.74) is 1.48. The number of rotatable bonds is 7. The Kier molecular flexibility index (Phi) is 5.45. The molecule has 4 heteroatoms. The van der Waals surface area contributed by atoms with E-state index in [0.29, 0.717) is 24.8 Å². The van der Waals surface area contributed by atoms with Crippen LogP contribution in [0.25, 0.3) is 0 Å². The Hall–Kier alpha value is -1.84. The molecule has 0 aromatic heterocycles. The number of hydrogen-bond donors (Lipinski definition) is 2. The molecule has 2 amide bonds. The van der Waals surface area contributed by atoms with Crippen molar-refractivity contribution in [3.63, 3.8) is 0 Å². The monoisotopic (exact) mass is 316 g/mol. The van der Waals surface area contributed by atoms with Gasteiger partial charge in [0.25, 0.3) is 0 Å². The second kappa shape index (κ2) is 7.16. The molecular weight excluding hydrogens is 288 g/mol. The van der Waals surface area contributed by atoms with E-state index in [1.807, 2.05) is 38.1 Å². The normalized spacial score (nSPS) is 15.6. The SMILES string of the molecule is CC(C)CNC(=O)C1(c2ccc(NC(=O)CC(C)C)cc2)CC1. The fourth-order valence-corrected chi connectivity index (χ4v) is 2.69. The van der Waals surface area contributed by atoms with Gasteiger partial charge in [0.05, 0.1) is 5.41 Å². The minimum Gasteiger partial charge on any atom is -0.355 e. The molecule has 2 rings (SSSR count). The molecule has 0 bridgehead atoms. The molecular formula is C19H28N2O2. The minimum atomic E-state index is -0.352. The van der Waals surface area contributed by atoms with Gasteiger partial charge in [0, 0.05) is 18.7 Å². The van der Waals surface area contributed by atoms with Crippen molar-refractivity contribution < 1.29 is 9.59 Å². The van der Waals surface area contributed by atoms with Crippen LogP contribution in [0.15, 0.2) is 24.3 Å². The van der Waals surface area contributed by atoms with Crippen LogP contribution in [0.3, 0.4) is 0 Å². The quantitative estimate of drug-likeness (QED) is 0.809. The van der Waals surface area contributed by atoms with Crippen molar-refractivity contribution in [3.05, 3.63) is 29.8 Å². The minimum absolute atomic E-state index is 0.0311. The molecule has 0 spiro atoms. The van der Waals surface area contributed by atoms with Crippen molar-refractivity contribution in [1.29, 1.82) is 0 Å². The van der Waals surface area contributed by atoms with Crippen molar-refractivity contribution in [2.45, 2.75) is 52.4 Å². The highest BCUT2D eigenvalue weighted by Gasteiger charge is 2.51. The van der Waals surface area contributed by atoms with Crippen LogP contribution in [0.1, 0.15) is 52.5 Å². The van der Waals surface area contributed by atoms with Crippen molar-refractivity contribution in [2.75, 3.05) is 11.9 Å². The van der Waals surface area contributed by atoms with Gasteiger partial charge in [-0.3, -0.25) is 9.59 Å². The third kappa shape index (κ3) is 4.57. The van der Waals surface area contributed by atoms with Gasteiger partial charge in [-0.05, 0) is 42.4 Å². The van der Waals surface area contributed by atoms with E-state index in [9.17, 15) is 9.59 Å². The first-order valence-electron chi connectivity index (χ1n) is 8.52. The Morgan fingerprint density at radius 3 is 2.13 bits per heavy atom. The molecule has 0 aliphatic heterocycles. The Bertz CT molecular complexity index is 557. The van der Waals surface area contributed by atoms with Crippen LogP contribution in [-0.2, 0) is 15.0 Å². The molecule has 0 saturated heterocycles. The van der Waals surface area contributed by atoms with Gasteiger partial charge in [-0.25, -0.2) is 0 Å².